The van der Waals surface area contributed by atoms with Crippen molar-refractivity contribution in [3.8, 4) is 0 Å². The zero-order chi connectivity index (χ0) is 13.2. The summed E-state index contributed by atoms with van der Waals surface area (Å²) in [5, 5.41) is 0. The minimum atomic E-state index is -0.744. The molecule has 0 aromatic heterocycles. The summed E-state index contributed by atoms with van der Waals surface area (Å²) in [7, 11) is 0. The van der Waals surface area contributed by atoms with Crippen LogP contribution in [0.15, 0.2) is 30.0 Å². The smallest absolute Gasteiger partial charge is 0.217 e. The molecule has 0 spiro atoms. The van der Waals surface area contributed by atoms with E-state index in [2.05, 4.69) is 16.9 Å². The molecule has 4 heteroatoms. The van der Waals surface area contributed by atoms with Crippen LogP contribution < -0.4 is 10.9 Å². The molecule has 0 bridgehead atoms. The molecule has 0 aromatic rings. The van der Waals surface area contributed by atoms with Crippen molar-refractivity contribution in [1.29, 1.82) is 0 Å². The van der Waals surface area contributed by atoms with Gasteiger partial charge in [-0.25, -0.2) is 5.43 Å². The number of Topliss-reactive ketones (excluding diaryl/α,β-unsaturated/α-hetero) is 2. The summed E-state index contributed by atoms with van der Waals surface area (Å²) in [5.74, 6) is -0.112. The monoisotopic (exact) mass is 245 g/mol. The fourth-order valence-corrected chi connectivity index (χ4v) is 2.17. The number of rotatable bonds is 3. The Kier molecular flexibility index (Phi) is 3.41. The van der Waals surface area contributed by atoms with Gasteiger partial charge in [0.2, 0.25) is 5.70 Å². The topological polar surface area (TPSA) is 58.2 Å². The van der Waals surface area contributed by atoms with E-state index in [1.165, 1.54) is 0 Å². The van der Waals surface area contributed by atoms with Crippen LogP contribution in [-0.4, -0.2) is 17.6 Å². The number of hydrogen-bond acceptors (Lipinski definition) is 4. The highest BCUT2D eigenvalue weighted by Gasteiger charge is 2.39. The number of hydrogen-bond donors (Lipinski definition) is 2. The van der Waals surface area contributed by atoms with Crippen molar-refractivity contribution in [2.75, 3.05) is 0 Å². The van der Waals surface area contributed by atoms with Crippen molar-refractivity contribution in [1.82, 2.24) is 10.9 Å². The molecule has 0 unspecified atom stereocenters. The lowest BCUT2D eigenvalue weighted by Crippen LogP contribution is -2.54. The summed E-state index contributed by atoms with van der Waals surface area (Å²) < 4.78 is 0. The van der Waals surface area contributed by atoms with Gasteiger partial charge >= 0.3 is 0 Å². The van der Waals surface area contributed by atoms with Crippen LogP contribution in [-0.2, 0) is 9.59 Å². The average Bonchev–Trinajstić information content (AvgIpc) is 2.27. The molecule has 0 aromatic carbocycles. The summed E-state index contributed by atoms with van der Waals surface area (Å²) >= 11 is 0. The van der Waals surface area contributed by atoms with Gasteiger partial charge in [0.1, 0.15) is 12.1 Å². The molecule has 94 valence electrons. The third kappa shape index (κ3) is 2.92. The Morgan fingerprint density at radius 3 is 2.44 bits per heavy atom. The van der Waals surface area contributed by atoms with Crippen LogP contribution in [0.5, 0.6) is 0 Å². The number of nitrogens with one attached hydrogen (secondary N) is 2. The van der Waals surface area contributed by atoms with E-state index in [0.717, 1.165) is 0 Å². The first-order valence-corrected chi connectivity index (χ1v) is 6.02. The van der Waals surface area contributed by atoms with Gasteiger partial charge in [-0.05, 0) is 5.41 Å². The average molecular weight is 245 g/mol. The second kappa shape index (κ2) is 4.84. The second-order valence-electron chi connectivity index (χ2n) is 5.43. The van der Waals surface area contributed by atoms with Gasteiger partial charge in [-0.2, -0.15) is 0 Å². The molecule has 0 heterocycles. The van der Waals surface area contributed by atoms with E-state index in [9.17, 15) is 9.59 Å². The van der Waals surface area contributed by atoms with Gasteiger partial charge < -0.3 is 0 Å². The highest BCUT2D eigenvalue weighted by atomic mass is 16.2. The number of carbonyl (C=O) groups is 2. The van der Waals surface area contributed by atoms with E-state index in [1.54, 1.807) is 6.08 Å². The summed E-state index contributed by atoms with van der Waals surface area (Å²) in [4.78, 5) is 23.8. The van der Waals surface area contributed by atoms with Gasteiger partial charge in [-0.1, -0.05) is 13.8 Å². The van der Waals surface area contributed by atoms with E-state index < -0.39 is 6.04 Å². The minimum Gasteiger partial charge on any atom is -0.297 e. The molecule has 0 saturated heterocycles. The summed E-state index contributed by atoms with van der Waals surface area (Å²) in [6, 6.07) is -0.744. The molecular weight excluding hydrogens is 228 g/mol. The molecule has 0 atom stereocenters. The fraction of sp³-hybridized carbons (Fsp3) is 0.429. The first kappa shape index (κ1) is 12.7. The Morgan fingerprint density at radius 2 is 1.89 bits per heavy atom. The maximum absolute atomic E-state index is 11.9. The van der Waals surface area contributed by atoms with Crippen molar-refractivity contribution in [2.24, 2.45) is 5.41 Å². The first-order chi connectivity index (χ1) is 8.48. The Bertz CT molecular complexity index is 438. The summed E-state index contributed by atoms with van der Waals surface area (Å²) in [6.45, 7) is 3.88. The molecular formula is C14H17N2O2+. The highest BCUT2D eigenvalue weighted by molar-refractivity contribution is 6.08. The summed E-state index contributed by atoms with van der Waals surface area (Å²) in [5.41, 5.74) is 6.14. The second-order valence-corrected chi connectivity index (χ2v) is 5.43. The lowest BCUT2D eigenvalue weighted by Gasteiger charge is -2.32. The molecule has 1 fully saturated rings. The normalized spacial score (nSPS) is 22.7. The van der Waals surface area contributed by atoms with E-state index in [-0.39, 0.29) is 17.0 Å². The van der Waals surface area contributed by atoms with Crippen molar-refractivity contribution < 1.29 is 9.59 Å². The predicted octanol–water partition coefficient (Wildman–Crippen LogP) is 1.22. The number of allylic oxidation sites excluding steroid dienone is 5. The molecule has 0 radical (unpaired) electrons. The lowest BCUT2D eigenvalue weighted by molar-refractivity contribution is -0.136. The number of hydrazine groups is 1. The third-order valence-corrected chi connectivity index (χ3v) is 3.01. The van der Waals surface area contributed by atoms with Gasteiger partial charge in [0.25, 0.3) is 0 Å². The Hall–Kier alpha value is -1.77. The van der Waals surface area contributed by atoms with Crippen LogP contribution in [0.1, 0.15) is 26.7 Å². The van der Waals surface area contributed by atoms with E-state index >= 15 is 0 Å². The molecule has 0 amide bonds. The molecule has 18 heavy (non-hydrogen) atoms. The molecule has 4 nitrogen and oxygen atoms in total. The van der Waals surface area contributed by atoms with Crippen molar-refractivity contribution in [2.45, 2.75) is 32.7 Å². The molecule has 0 aliphatic heterocycles. The number of ketones is 2. The van der Waals surface area contributed by atoms with Gasteiger partial charge in [-0.3, -0.25) is 15.0 Å². The fourth-order valence-electron chi connectivity index (χ4n) is 2.17. The zero-order valence-corrected chi connectivity index (χ0v) is 10.6. The largest absolute Gasteiger partial charge is 0.297 e. The third-order valence-electron chi connectivity index (χ3n) is 3.01. The Labute approximate surface area is 107 Å². The lowest BCUT2D eigenvalue weighted by atomic mass is 9.74. The maximum atomic E-state index is 11.9. The SMILES string of the molecule is CC1(C)CC(=O)C(NNC2=CC=CC=[C+]2)C(=O)C1. The van der Waals surface area contributed by atoms with Crippen LogP contribution in [0.25, 0.3) is 0 Å². The summed E-state index contributed by atoms with van der Waals surface area (Å²) in [6.07, 6.45) is 11.1. The van der Waals surface area contributed by atoms with Gasteiger partial charge in [0.15, 0.2) is 11.6 Å². The van der Waals surface area contributed by atoms with Crippen LogP contribution in [0.4, 0.5) is 0 Å². The quantitative estimate of drug-likeness (QED) is 0.446. The standard InChI is InChI=1S/C14H17N2O2/c1-14(2)8-11(17)13(12(18)9-14)16-15-10-6-4-3-5-7-10/h3-6,13,15-16H,8-9H2,1-2H3/q+1. The molecule has 2 aliphatic carbocycles. The van der Waals surface area contributed by atoms with Crippen molar-refractivity contribution in [3.63, 3.8) is 0 Å². The van der Waals surface area contributed by atoms with Crippen LogP contribution >= 0.6 is 0 Å². The molecule has 2 rings (SSSR count). The first-order valence-electron chi connectivity index (χ1n) is 6.02. The predicted molar refractivity (Wildman–Crippen MR) is 68.1 cm³/mol. The molecule has 2 N–H and O–H groups in total. The van der Waals surface area contributed by atoms with Crippen molar-refractivity contribution in [3.05, 3.63) is 36.1 Å². The highest BCUT2D eigenvalue weighted by Crippen LogP contribution is 2.31. The molecule has 2 aliphatic rings. The van der Waals surface area contributed by atoms with Gasteiger partial charge in [0, 0.05) is 18.9 Å². The minimum absolute atomic E-state index is 0.0559. The maximum Gasteiger partial charge on any atom is 0.217 e. The van der Waals surface area contributed by atoms with Gasteiger partial charge in [-0.15, -0.1) is 0 Å². The molecule has 1 saturated carbocycles. The zero-order valence-electron chi connectivity index (χ0n) is 10.6. The van der Waals surface area contributed by atoms with Crippen LogP contribution in [0.2, 0.25) is 0 Å². The van der Waals surface area contributed by atoms with Crippen LogP contribution in [0, 0.1) is 11.5 Å². The van der Waals surface area contributed by atoms with E-state index in [0.29, 0.717) is 18.5 Å². The van der Waals surface area contributed by atoms with E-state index in [4.69, 9.17) is 0 Å². The van der Waals surface area contributed by atoms with E-state index in [1.807, 2.05) is 32.1 Å². The van der Waals surface area contributed by atoms with Crippen LogP contribution in [0.3, 0.4) is 0 Å². The Balaban J connectivity index is 1.95. The Morgan fingerprint density at radius 1 is 1.22 bits per heavy atom. The van der Waals surface area contributed by atoms with Gasteiger partial charge in [0.05, 0.1) is 18.2 Å². The number of carbonyl (C=O) groups excluding carboxylic acids is 2. The van der Waals surface area contributed by atoms with Crippen molar-refractivity contribution >= 4 is 11.6 Å².